The average Bonchev–Trinajstić information content (AvgIpc) is 2.33. The molecule has 17 heavy (non-hydrogen) atoms. The van der Waals surface area contributed by atoms with Gasteiger partial charge in [0.15, 0.2) is 5.78 Å². The minimum absolute atomic E-state index is 0.105. The third kappa shape index (κ3) is 2.94. The first-order valence-corrected chi connectivity index (χ1v) is 5.76. The molecule has 3 heteroatoms. The van der Waals surface area contributed by atoms with E-state index in [1.54, 1.807) is 0 Å². The molecule has 0 atom stereocenters. The van der Waals surface area contributed by atoms with Gasteiger partial charge < -0.3 is 9.64 Å². The Balaban J connectivity index is 2.17. The van der Waals surface area contributed by atoms with Gasteiger partial charge in [0.2, 0.25) is 0 Å². The van der Waals surface area contributed by atoms with Gasteiger partial charge in [0, 0.05) is 25.4 Å². The number of hydrogen-bond acceptors (Lipinski definition) is 3. The Bertz CT molecular complexity index is 432. The molecular weight excluding hydrogens is 214 g/mol. The van der Waals surface area contributed by atoms with E-state index in [1.807, 2.05) is 32.3 Å². The first-order chi connectivity index (χ1) is 8.16. The van der Waals surface area contributed by atoms with Crippen LogP contribution in [-0.4, -0.2) is 33.1 Å². The van der Waals surface area contributed by atoms with Gasteiger partial charge in [0.05, 0.1) is 6.61 Å². The van der Waals surface area contributed by atoms with Crippen LogP contribution in [0.25, 0.3) is 6.08 Å². The second kappa shape index (κ2) is 5.15. The predicted octanol–water partition coefficient (Wildman–Crippen LogP) is 2.13. The molecule has 1 heterocycles. The Hall–Kier alpha value is -1.61. The molecule has 90 valence electrons. The molecule has 0 aromatic heterocycles. The van der Waals surface area contributed by atoms with Crippen LogP contribution in [0, 0.1) is 0 Å². The summed E-state index contributed by atoms with van der Waals surface area (Å²) in [5.74, 6) is 0.105. The van der Waals surface area contributed by atoms with Crippen molar-refractivity contribution in [3.05, 3.63) is 35.4 Å². The van der Waals surface area contributed by atoms with Crippen molar-refractivity contribution in [2.45, 2.75) is 6.42 Å². The van der Waals surface area contributed by atoms with E-state index in [4.69, 9.17) is 4.74 Å². The average molecular weight is 231 g/mol. The summed E-state index contributed by atoms with van der Waals surface area (Å²) >= 11 is 0. The molecule has 0 aliphatic carbocycles. The maximum absolute atomic E-state index is 11.6. The highest BCUT2D eigenvalue weighted by atomic mass is 16.5. The van der Waals surface area contributed by atoms with Crippen LogP contribution in [0.1, 0.15) is 12.0 Å². The molecule has 1 aliphatic rings. The van der Waals surface area contributed by atoms with E-state index in [0.717, 1.165) is 16.8 Å². The van der Waals surface area contributed by atoms with Gasteiger partial charge in [-0.3, -0.25) is 4.79 Å². The SMILES string of the molecule is CN(C)c1ccc(C=C2CCOCC2=O)cc1. The van der Waals surface area contributed by atoms with Crippen LogP contribution >= 0.6 is 0 Å². The van der Waals surface area contributed by atoms with Gasteiger partial charge in [-0.1, -0.05) is 12.1 Å². The second-order valence-electron chi connectivity index (χ2n) is 4.38. The number of anilines is 1. The number of hydrogen-bond donors (Lipinski definition) is 0. The monoisotopic (exact) mass is 231 g/mol. The van der Waals surface area contributed by atoms with Crippen molar-refractivity contribution in [2.75, 3.05) is 32.2 Å². The molecule has 0 spiro atoms. The molecule has 3 nitrogen and oxygen atoms in total. The van der Waals surface area contributed by atoms with E-state index in [-0.39, 0.29) is 12.4 Å². The molecule has 0 bridgehead atoms. The molecule has 0 saturated carbocycles. The lowest BCUT2D eigenvalue weighted by molar-refractivity contribution is -0.122. The molecule has 2 rings (SSSR count). The Morgan fingerprint density at radius 3 is 2.53 bits per heavy atom. The summed E-state index contributed by atoms with van der Waals surface area (Å²) in [6, 6.07) is 8.17. The standard InChI is InChI=1S/C14H17NO2/c1-15(2)13-5-3-11(4-6-13)9-12-7-8-17-10-14(12)16/h3-6,9H,7-8,10H2,1-2H3. The summed E-state index contributed by atoms with van der Waals surface area (Å²) in [6.45, 7) is 0.870. The first-order valence-electron chi connectivity index (χ1n) is 5.76. The topological polar surface area (TPSA) is 29.5 Å². The van der Waals surface area contributed by atoms with Gasteiger partial charge in [-0.25, -0.2) is 0 Å². The minimum atomic E-state index is 0.105. The molecule has 1 saturated heterocycles. The van der Waals surface area contributed by atoms with E-state index in [0.29, 0.717) is 13.0 Å². The highest BCUT2D eigenvalue weighted by Gasteiger charge is 2.14. The third-order valence-corrected chi connectivity index (χ3v) is 2.86. The number of rotatable bonds is 2. The third-order valence-electron chi connectivity index (χ3n) is 2.86. The quantitative estimate of drug-likeness (QED) is 0.730. The second-order valence-corrected chi connectivity index (χ2v) is 4.38. The number of nitrogens with zero attached hydrogens (tertiary/aromatic N) is 1. The molecule has 1 aromatic rings. The van der Waals surface area contributed by atoms with Crippen molar-refractivity contribution < 1.29 is 9.53 Å². The van der Waals surface area contributed by atoms with Crippen LogP contribution in [0.5, 0.6) is 0 Å². The fraction of sp³-hybridized carbons (Fsp3) is 0.357. The smallest absolute Gasteiger partial charge is 0.184 e. The van der Waals surface area contributed by atoms with E-state index >= 15 is 0 Å². The van der Waals surface area contributed by atoms with Crippen LogP contribution in [-0.2, 0) is 9.53 Å². The molecule has 0 N–H and O–H groups in total. The molecule has 1 aliphatic heterocycles. The zero-order chi connectivity index (χ0) is 12.3. The molecular formula is C14H17NO2. The lowest BCUT2D eigenvalue weighted by atomic mass is 10.0. The molecule has 1 fully saturated rings. The summed E-state index contributed by atoms with van der Waals surface area (Å²) in [6.07, 6.45) is 2.68. The van der Waals surface area contributed by atoms with Gasteiger partial charge in [-0.05, 0) is 30.2 Å². The molecule has 0 unspecified atom stereocenters. The normalized spacial score (nSPS) is 18.5. The van der Waals surface area contributed by atoms with Crippen molar-refractivity contribution in [1.82, 2.24) is 0 Å². The van der Waals surface area contributed by atoms with E-state index < -0.39 is 0 Å². The highest BCUT2D eigenvalue weighted by molar-refractivity contribution is 6.00. The van der Waals surface area contributed by atoms with Crippen molar-refractivity contribution in [3.8, 4) is 0 Å². The number of ether oxygens (including phenoxy) is 1. The lowest BCUT2D eigenvalue weighted by Crippen LogP contribution is -2.19. The summed E-state index contributed by atoms with van der Waals surface area (Å²) < 4.78 is 5.10. The Labute approximate surface area is 102 Å². The number of ketones is 1. The Morgan fingerprint density at radius 1 is 1.24 bits per heavy atom. The van der Waals surface area contributed by atoms with E-state index in [2.05, 4.69) is 17.0 Å². The lowest BCUT2D eigenvalue weighted by Gasteiger charge is -2.14. The fourth-order valence-electron chi connectivity index (χ4n) is 1.80. The first kappa shape index (κ1) is 11.9. The maximum Gasteiger partial charge on any atom is 0.184 e. The molecule has 0 amide bonds. The zero-order valence-corrected chi connectivity index (χ0v) is 10.3. The van der Waals surface area contributed by atoms with Gasteiger partial charge in [-0.15, -0.1) is 0 Å². The summed E-state index contributed by atoms with van der Waals surface area (Å²) in [5, 5.41) is 0. The summed E-state index contributed by atoms with van der Waals surface area (Å²) in [7, 11) is 4.02. The van der Waals surface area contributed by atoms with Crippen LogP contribution in [0.15, 0.2) is 29.8 Å². The van der Waals surface area contributed by atoms with Crippen molar-refractivity contribution in [2.24, 2.45) is 0 Å². The van der Waals surface area contributed by atoms with E-state index in [9.17, 15) is 4.79 Å². The van der Waals surface area contributed by atoms with Crippen LogP contribution in [0.3, 0.4) is 0 Å². The number of benzene rings is 1. The van der Waals surface area contributed by atoms with Crippen LogP contribution < -0.4 is 4.90 Å². The van der Waals surface area contributed by atoms with Gasteiger partial charge in [-0.2, -0.15) is 0 Å². The maximum atomic E-state index is 11.6. The number of carbonyl (C=O) groups is 1. The number of carbonyl (C=O) groups excluding carboxylic acids is 1. The van der Waals surface area contributed by atoms with Gasteiger partial charge in [0.1, 0.15) is 6.61 Å². The summed E-state index contributed by atoms with van der Waals surface area (Å²) in [4.78, 5) is 13.6. The van der Waals surface area contributed by atoms with E-state index in [1.165, 1.54) is 0 Å². The van der Waals surface area contributed by atoms with Crippen molar-refractivity contribution in [3.63, 3.8) is 0 Å². The largest absolute Gasteiger partial charge is 0.378 e. The Morgan fingerprint density at radius 2 is 1.94 bits per heavy atom. The Kier molecular flexibility index (Phi) is 3.59. The van der Waals surface area contributed by atoms with Crippen LogP contribution in [0.2, 0.25) is 0 Å². The fourth-order valence-corrected chi connectivity index (χ4v) is 1.80. The summed E-state index contributed by atoms with van der Waals surface area (Å²) in [5.41, 5.74) is 3.10. The number of Topliss-reactive ketones (excluding diaryl/α,β-unsaturated/α-hetero) is 1. The van der Waals surface area contributed by atoms with Crippen molar-refractivity contribution in [1.29, 1.82) is 0 Å². The predicted molar refractivity (Wildman–Crippen MR) is 69.2 cm³/mol. The van der Waals surface area contributed by atoms with Crippen molar-refractivity contribution >= 4 is 17.5 Å². The van der Waals surface area contributed by atoms with Gasteiger partial charge in [0.25, 0.3) is 0 Å². The van der Waals surface area contributed by atoms with Gasteiger partial charge >= 0.3 is 0 Å². The highest BCUT2D eigenvalue weighted by Crippen LogP contribution is 2.17. The minimum Gasteiger partial charge on any atom is -0.378 e. The molecule has 0 radical (unpaired) electrons. The molecule has 1 aromatic carbocycles. The van der Waals surface area contributed by atoms with Crippen LogP contribution in [0.4, 0.5) is 5.69 Å². The zero-order valence-electron chi connectivity index (χ0n) is 10.3.